The molecular formula is C68H80F4N32. The lowest BCUT2D eigenvalue weighted by Crippen LogP contribution is -2.18. The predicted octanol–water partition coefficient (Wildman–Crippen LogP) is 12.7. The summed E-state index contributed by atoms with van der Waals surface area (Å²) in [5.74, 6) is 5.08. The van der Waals surface area contributed by atoms with Gasteiger partial charge in [-0.15, -0.1) is 0 Å². The van der Waals surface area contributed by atoms with Crippen LogP contribution in [-0.2, 0) is 0 Å². The Kier molecular flexibility index (Phi) is 24.2. The average Bonchev–Trinajstić information content (AvgIpc) is 1.52. The lowest BCUT2D eigenvalue weighted by molar-refractivity contribution is 0.410. The second kappa shape index (κ2) is 34.3. The van der Waals surface area contributed by atoms with Crippen LogP contribution in [0.4, 0.5) is 112 Å². The van der Waals surface area contributed by atoms with E-state index < -0.39 is 0 Å². The highest BCUT2D eigenvalue weighted by Crippen LogP contribution is 2.37. The molecule has 4 aromatic carbocycles. The van der Waals surface area contributed by atoms with E-state index in [-0.39, 0.29) is 89.1 Å². The zero-order chi connectivity index (χ0) is 74.0. The van der Waals surface area contributed by atoms with Gasteiger partial charge < -0.3 is 60.2 Å². The zero-order valence-electron chi connectivity index (χ0n) is 58.2. The Morgan fingerprint density at radius 1 is 0.433 bits per heavy atom. The number of hydrogen-bond donors (Lipinski definition) is 15. The molecule has 0 aliphatic heterocycles. The number of aromatic amines is 4. The van der Waals surface area contributed by atoms with Crippen molar-refractivity contribution in [3.05, 3.63) is 196 Å². The SMILES string of the molecule is C/C=C/c1cc(Nc2nc(N)nc(NC(C)c3ccc(F)cc3)n2)n[nH]1.CC(C)c1cc(Nc2nc(N)nc(NC(C)c3ccc(F)cc3)n2)n[nH]1.CC(Nc1nc(N)nc(N(C)c2cc(C3CCC3)[nH]n2)n1)c1ccc(F)cc1.Cc1cc(Nc2nc(N)nc(NC(C)c3ccc(F)cc3)n2)n[nH]1. The second-order valence-electron chi connectivity index (χ2n) is 24.3. The van der Waals surface area contributed by atoms with Crippen LogP contribution >= 0.6 is 0 Å². The van der Waals surface area contributed by atoms with Gasteiger partial charge >= 0.3 is 0 Å². The molecule has 19 N–H and O–H groups in total. The highest BCUT2D eigenvalue weighted by molar-refractivity contribution is 5.58. The molecule has 8 heterocycles. The standard InChI is InChI=1S/C19H23FN8.C17H21FN8.C17H19FN8.C15H17FN8/c1-11(12-6-8-14(20)9-7-12)22-18-23-17(21)24-19(25-18)28(2)16-10-15(26-27-16)13-4-3-5-13;1-9(2)13-8-14(26-25-13)21-17-23-15(19)22-16(24-17)20-10(3)11-4-6-12(18)7-5-11;1-3-4-13-9-14(26-25-13)21-17-23-15(19)22-16(24-17)20-10(2)11-5-7-12(18)8-6-11;1-8-7-12(24-23-8)19-15-21-13(17)20-14(22-15)18-9(2)10-3-5-11(16)6-4-10/h6-11,13H,3-5H2,1-2H3,(H,26,27)(H3,21,22,23,24,25);4-10H,1-3H3,(H5,19,20,21,22,23,24,25,26);3-10H,1-2H3,(H5,19,20,21,22,23,24,25,26);3-7,9H,1-2H3,(H5,17,18,19,20,21,22,23,24)/b;;4-3+;. The highest BCUT2D eigenvalue weighted by Gasteiger charge is 2.24. The number of benzene rings is 4. The quantitative estimate of drug-likeness (QED) is 0.0264. The van der Waals surface area contributed by atoms with Gasteiger partial charge in [-0.25, -0.2) is 17.6 Å². The fraction of sp³-hybridized carbons (Fsp3) is 0.265. The van der Waals surface area contributed by atoms with Crippen molar-refractivity contribution in [2.24, 2.45) is 0 Å². The first kappa shape index (κ1) is 73.5. The maximum absolute atomic E-state index is 13.1. The summed E-state index contributed by atoms with van der Waals surface area (Å²) in [5, 5.41) is 50.0. The Morgan fingerprint density at radius 2 is 0.798 bits per heavy atom. The van der Waals surface area contributed by atoms with Crippen molar-refractivity contribution < 1.29 is 17.6 Å². The Labute approximate surface area is 595 Å². The first-order valence-electron chi connectivity index (χ1n) is 32.9. The van der Waals surface area contributed by atoms with Crippen molar-refractivity contribution in [1.82, 2.24) is 101 Å². The Bertz CT molecular complexity index is 4750. The van der Waals surface area contributed by atoms with Crippen LogP contribution in [0.25, 0.3) is 6.08 Å². The largest absolute Gasteiger partial charge is 0.368 e. The number of hydrogen-bond acceptors (Lipinski definition) is 28. The minimum atomic E-state index is -0.284. The molecule has 540 valence electrons. The number of rotatable bonds is 23. The van der Waals surface area contributed by atoms with Crippen LogP contribution in [0.2, 0.25) is 0 Å². The number of nitrogens with one attached hydrogen (secondary N) is 11. The van der Waals surface area contributed by atoms with Gasteiger partial charge in [-0.2, -0.15) is 80.2 Å². The van der Waals surface area contributed by atoms with E-state index in [1.54, 1.807) is 53.4 Å². The van der Waals surface area contributed by atoms with Gasteiger partial charge in [-0.1, -0.05) is 74.9 Å². The number of nitrogen functional groups attached to an aromatic ring is 4. The second-order valence-corrected chi connectivity index (χ2v) is 24.3. The van der Waals surface area contributed by atoms with E-state index in [4.69, 9.17) is 22.9 Å². The van der Waals surface area contributed by atoms with Gasteiger partial charge in [0.15, 0.2) is 23.3 Å². The molecule has 1 aliphatic rings. The molecule has 1 saturated carbocycles. The summed E-state index contributed by atoms with van der Waals surface area (Å²) in [6.07, 6.45) is 7.44. The maximum Gasteiger partial charge on any atom is 0.237 e. The van der Waals surface area contributed by atoms with E-state index in [1.807, 2.05) is 85.0 Å². The third-order valence-electron chi connectivity index (χ3n) is 15.8. The molecule has 1 aliphatic carbocycles. The van der Waals surface area contributed by atoms with Gasteiger partial charge in [0.2, 0.25) is 71.4 Å². The van der Waals surface area contributed by atoms with Crippen molar-refractivity contribution in [3.63, 3.8) is 0 Å². The van der Waals surface area contributed by atoms with Crippen molar-refractivity contribution in [2.45, 2.75) is 111 Å². The summed E-state index contributed by atoms with van der Waals surface area (Å²) in [7, 11) is 1.84. The smallest absolute Gasteiger partial charge is 0.237 e. The van der Waals surface area contributed by atoms with Gasteiger partial charge in [0.25, 0.3) is 0 Å². The number of nitrogens with zero attached hydrogens (tertiary/aromatic N) is 17. The molecular weight excluding hydrogens is 1340 g/mol. The molecule has 13 rings (SSSR count). The van der Waals surface area contributed by atoms with Gasteiger partial charge in [-0.3, -0.25) is 25.3 Å². The highest BCUT2D eigenvalue weighted by atomic mass is 19.1. The number of allylic oxidation sites excluding steroid dienone is 1. The third-order valence-corrected chi connectivity index (χ3v) is 15.8. The molecule has 8 aromatic heterocycles. The molecule has 36 heteroatoms. The summed E-state index contributed by atoms with van der Waals surface area (Å²) < 4.78 is 52.2. The number of anilines is 16. The predicted molar refractivity (Wildman–Crippen MR) is 393 cm³/mol. The van der Waals surface area contributed by atoms with Gasteiger partial charge in [-0.05, 0) is 137 Å². The molecule has 104 heavy (non-hydrogen) atoms. The first-order chi connectivity index (χ1) is 49.9. The average molecular weight is 1420 g/mol. The molecule has 32 nitrogen and oxygen atoms in total. The number of aryl methyl sites for hydroxylation is 1. The first-order valence-corrected chi connectivity index (χ1v) is 32.9. The summed E-state index contributed by atoms with van der Waals surface area (Å²) in [4.78, 5) is 51.9. The summed E-state index contributed by atoms with van der Waals surface area (Å²) in [6.45, 7) is 15.6. The molecule has 0 bridgehead atoms. The van der Waals surface area contributed by atoms with E-state index in [0.717, 1.165) is 50.8 Å². The Morgan fingerprint density at radius 3 is 1.16 bits per heavy atom. The van der Waals surface area contributed by atoms with Gasteiger partial charge in [0.05, 0.1) is 29.9 Å². The number of aromatic nitrogens is 20. The van der Waals surface area contributed by atoms with Crippen molar-refractivity contribution in [3.8, 4) is 0 Å². The van der Waals surface area contributed by atoms with Crippen LogP contribution in [0.1, 0.15) is 149 Å². The third kappa shape index (κ3) is 21.2. The minimum Gasteiger partial charge on any atom is -0.368 e. The molecule has 4 unspecified atom stereocenters. The van der Waals surface area contributed by atoms with E-state index in [2.05, 4.69) is 152 Å². The van der Waals surface area contributed by atoms with Crippen LogP contribution in [0.15, 0.2) is 127 Å². The Balaban J connectivity index is 0.000000149. The van der Waals surface area contributed by atoms with Crippen LogP contribution in [0, 0.1) is 30.2 Å². The molecule has 0 radical (unpaired) electrons. The van der Waals surface area contributed by atoms with Gasteiger partial charge in [0.1, 0.15) is 23.3 Å². The maximum atomic E-state index is 13.1. The molecule has 0 spiro atoms. The minimum absolute atomic E-state index is 0.0699. The van der Waals surface area contributed by atoms with E-state index in [1.165, 1.54) is 67.8 Å². The Hall–Kier alpha value is -13.2. The topological polar surface area (TPSA) is 461 Å². The van der Waals surface area contributed by atoms with E-state index in [9.17, 15) is 17.6 Å². The van der Waals surface area contributed by atoms with Crippen LogP contribution in [0.5, 0.6) is 0 Å². The van der Waals surface area contributed by atoms with Crippen LogP contribution in [-0.4, -0.2) is 108 Å². The van der Waals surface area contributed by atoms with Crippen LogP contribution < -0.4 is 65.1 Å². The summed E-state index contributed by atoms with van der Waals surface area (Å²) >= 11 is 0. The zero-order valence-corrected chi connectivity index (χ0v) is 58.2. The fourth-order valence-corrected chi connectivity index (χ4v) is 9.96. The number of H-pyrrole nitrogens is 4. The monoisotopic (exact) mass is 1420 g/mol. The molecule has 0 amide bonds. The molecule has 0 saturated heterocycles. The van der Waals surface area contributed by atoms with E-state index >= 15 is 0 Å². The fourth-order valence-electron chi connectivity index (χ4n) is 9.96. The summed E-state index contributed by atoms with van der Waals surface area (Å²) in [5.41, 5.74) is 30.7. The number of halogens is 4. The van der Waals surface area contributed by atoms with Crippen LogP contribution in [0.3, 0.4) is 0 Å². The van der Waals surface area contributed by atoms with Crippen molar-refractivity contribution in [2.75, 3.05) is 72.1 Å². The summed E-state index contributed by atoms with van der Waals surface area (Å²) in [6, 6.07) is 31.9. The molecule has 4 atom stereocenters. The molecule has 12 aromatic rings. The van der Waals surface area contributed by atoms with Gasteiger partial charge in [0, 0.05) is 54.3 Å². The van der Waals surface area contributed by atoms with Crippen molar-refractivity contribution in [1.29, 1.82) is 0 Å². The lowest BCUT2D eigenvalue weighted by Gasteiger charge is -2.23. The van der Waals surface area contributed by atoms with E-state index in [0.29, 0.717) is 59.0 Å². The normalized spacial score (nSPS) is 12.9. The molecule has 1 fully saturated rings. The lowest BCUT2D eigenvalue weighted by atomic mass is 9.83. The van der Waals surface area contributed by atoms with Crippen molar-refractivity contribution >= 4 is 101 Å². The number of nitrogens with two attached hydrogens (primary N) is 4.